The first kappa shape index (κ1) is 19.2. The molecule has 2 N–H and O–H groups in total. The van der Waals surface area contributed by atoms with Crippen molar-refractivity contribution in [3.05, 3.63) is 35.4 Å². The van der Waals surface area contributed by atoms with Gasteiger partial charge in [0.05, 0.1) is 24.1 Å². The van der Waals surface area contributed by atoms with Crippen LogP contribution in [0.15, 0.2) is 24.3 Å². The van der Waals surface area contributed by atoms with Gasteiger partial charge in [-0.3, -0.25) is 9.59 Å². The molecule has 1 aromatic rings. The summed E-state index contributed by atoms with van der Waals surface area (Å²) in [5, 5.41) is 11.7. The van der Waals surface area contributed by atoms with E-state index < -0.39 is 23.2 Å². The Labute approximate surface area is 143 Å². The zero-order chi connectivity index (χ0) is 18.7. The Morgan fingerprint density at radius 3 is 2.44 bits per heavy atom. The molecule has 5 nitrogen and oxygen atoms in total. The molecule has 1 aliphatic heterocycles. The quantitative estimate of drug-likeness (QED) is 0.819. The highest BCUT2D eigenvalue weighted by Gasteiger charge is 2.38. The highest BCUT2D eigenvalue weighted by atomic mass is 19.4. The summed E-state index contributed by atoms with van der Waals surface area (Å²) >= 11 is 0. The summed E-state index contributed by atoms with van der Waals surface area (Å²) in [7, 11) is 0. The van der Waals surface area contributed by atoms with Crippen molar-refractivity contribution in [1.82, 2.24) is 5.32 Å². The van der Waals surface area contributed by atoms with Crippen LogP contribution in [0, 0.1) is 0 Å². The van der Waals surface area contributed by atoms with Gasteiger partial charge in [0, 0.05) is 13.0 Å². The SMILES string of the molecule is CC(CC(=O)NC1(CC(=O)O)CCOC1)c1ccc(C(F)(F)F)cc1. The highest BCUT2D eigenvalue weighted by Crippen LogP contribution is 2.31. The van der Waals surface area contributed by atoms with Crippen LogP contribution in [0.5, 0.6) is 0 Å². The zero-order valence-corrected chi connectivity index (χ0v) is 13.7. The number of halogens is 3. The molecule has 1 amide bonds. The number of carbonyl (C=O) groups is 2. The van der Waals surface area contributed by atoms with Crippen LogP contribution in [0.25, 0.3) is 0 Å². The molecule has 0 aliphatic carbocycles. The second-order valence-electron chi connectivity index (χ2n) is 6.43. The van der Waals surface area contributed by atoms with Crippen molar-refractivity contribution in [3.8, 4) is 0 Å². The third kappa shape index (κ3) is 5.19. The number of aliphatic carboxylic acids is 1. The van der Waals surface area contributed by atoms with Gasteiger partial charge in [0.1, 0.15) is 0 Å². The fraction of sp³-hybridized carbons (Fsp3) is 0.529. The summed E-state index contributed by atoms with van der Waals surface area (Å²) in [5.74, 6) is -1.67. The summed E-state index contributed by atoms with van der Waals surface area (Å²) in [6.07, 6.45) is -4.16. The van der Waals surface area contributed by atoms with Gasteiger partial charge >= 0.3 is 12.1 Å². The minimum absolute atomic E-state index is 0.0483. The standard InChI is InChI=1S/C17H20F3NO4/c1-11(12-2-4-13(5-3-12)17(18,19)20)8-14(22)21-16(9-15(23)24)6-7-25-10-16/h2-5,11H,6-10H2,1H3,(H,21,22)(H,23,24). The van der Waals surface area contributed by atoms with Crippen molar-refractivity contribution in [3.63, 3.8) is 0 Å². The summed E-state index contributed by atoms with van der Waals surface area (Å²) in [6, 6.07) is 4.68. The van der Waals surface area contributed by atoms with E-state index in [1.165, 1.54) is 12.1 Å². The minimum Gasteiger partial charge on any atom is -0.481 e. The summed E-state index contributed by atoms with van der Waals surface area (Å²) in [6.45, 7) is 2.25. The summed E-state index contributed by atoms with van der Waals surface area (Å²) in [4.78, 5) is 23.3. The van der Waals surface area contributed by atoms with Crippen LogP contribution in [0.1, 0.15) is 43.2 Å². The van der Waals surface area contributed by atoms with Gasteiger partial charge in [-0.15, -0.1) is 0 Å². The van der Waals surface area contributed by atoms with Crippen LogP contribution < -0.4 is 5.32 Å². The Balaban J connectivity index is 1.98. The number of carbonyl (C=O) groups excluding carboxylic acids is 1. The van der Waals surface area contributed by atoms with E-state index in [1.54, 1.807) is 6.92 Å². The van der Waals surface area contributed by atoms with E-state index in [0.717, 1.165) is 12.1 Å². The van der Waals surface area contributed by atoms with Crippen molar-refractivity contribution in [2.75, 3.05) is 13.2 Å². The predicted octanol–water partition coefficient (Wildman–Crippen LogP) is 2.95. The average Bonchev–Trinajstić information content (AvgIpc) is 2.93. The molecule has 1 aliphatic rings. The fourth-order valence-corrected chi connectivity index (χ4v) is 2.92. The average molecular weight is 359 g/mol. The molecular formula is C17H20F3NO4. The molecule has 1 saturated heterocycles. The topological polar surface area (TPSA) is 75.6 Å². The molecule has 1 aromatic carbocycles. The normalized spacial score (nSPS) is 21.8. The first-order valence-corrected chi connectivity index (χ1v) is 7.89. The largest absolute Gasteiger partial charge is 0.481 e. The van der Waals surface area contributed by atoms with E-state index in [-0.39, 0.29) is 31.3 Å². The van der Waals surface area contributed by atoms with Gasteiger partial charge in [0.25, 0.3) is 0 Å². The maximum atomic E-state index is 12.6. The Kier molecular flexibility index (Phi) is 5.72. The molecule has 2 unspecified atom stereocenters. The van der Waals surface area contributed by atoms with E-state index in [4.69, 9.17) is 9.84 Å². The smallest absolute Gasteiger partial charge is 0.416 e. The van der Waals surface area contributed by atoms with Crippen LogP contribution in [0.4, 0.5) is 13.2 Å². The number of nitrogens with one attached hydrogen (secondary N) is 1. The summed E-state index contributed by atoms with van der Waals surface area (Å²) < 4.78 is 43.0. The molecule has 8 heteroatoms. The van der Waals surface area contributed by atoms with Gasteiger partial charge < -0.3 is 15.2 Å². The molecule has 2 atom stereocenters. The highest BCUT2D eigenvalue weighted by molar-refractivity contribution is 5.79. The van der Waals surface area contributed by atoms with Crippen molar-refractivity contribution < 1.29 is 32.6 Å². The van der Waals surface area contributed by atoms with Gasteiger partial charge in [-0.25, -0.2) is 0 Å². The fourth-order valence-electron chi connectivity index (χ4n) is 2.92. The molecule has 0 bridgehead atoms. The lowest BCUT2D eigenvalue weighted by atomic mass is 9.92. The molecule has 138 valence electrons. The van der Waals surface area contributed by atoms with Crippen LogP contribution >= 0.6 is 0 Å². The molecule has 0 saturated carbocycles. The van der Waals surface area contributed by atoms with E-state index in [9.17, 15) is 22.8 Å². The monoisotopic (exact) mass is 359 g/mol. The number of rotatable bonds is 6. The van der Waals surface area contributed by atoms with Gasteiger partial charge in [-0.05, 0) is 30.0 Å². The van der Waals surface area contributed by atoms with Crippen LogP contribution in [-0.4, -0.2) is 35.7 Å². The lowest BCUT2D eigenvalue weighted by Crippen LogP contribution is -2.50. The number of carboxylic acids is 1. The Morgan fingerprint density at radius 2 is 1.96 bits per heavy atom. The van der Waals surface area contributed by atoms with Crippen molar-refractivity contribution in [2.24, 2.45) is 0 Å². The lowest BCUT2D eigenvalue weighted by molar-refractivity contribution is -0.139. The maximum Gasteiger partial charge on any atom is 0.416 e. The Hall–Kier alpha value is -2.09. The van der Waals surface area contributed by atoms with Gasteiger partial charge in [-0.2, -0.15) is 13.2 Å². The van der Waals surface area contributed by atoms with Gasteiger partial charge in [-0.1, -0.05) is 19.1 Å². The first-order valence-electron chi connectivity index (χ1n) is 7.89. The minimum atomic E-state index is -4.40. The van der Waals surface area contributed by atoms with E-state index >= 15 is 0 Å². The number of hydrogen-bond donors (Lipinski definition) is 2. The number of ether oxygens (including phenoxy) is 1. The molecule has 0 spiro atoms. The zero-order valence-electron chi connectivity index (χ0n) is 13.7. The maximum absolute atomic E-state index is 12.6. The molecule has 0 radical (unpaired) electrons. The predicted molar refractivity (Wildman–Crippen MR) is 83.0 cm³/mol. The molecular weight excluding hydrogens is 339 g/mol. The van der Waals surface area contributed by atoms with E-state index in [2.05, 4.69) is 5.32 Å². The molecule has 25 heavy (non-hydrogen) atoms. The molecule has 1 fully saturated rings. The van der Waals surface area contributed by atoms with Crippen LogP contribution in [0.3, 0.4) is 0 Å². The van der Waals surface area contributed by atoms with Crippen LogP contribution in [-0.2, 0) is 20.5 Å². The molecule has 1 heterocycles. The Bertz CT molecular complexity index is 622. The number of carboxylic acid groups (broad SMARTS) is 1. The van der Waals surface area contributed by atoms with Crippen molar-refractivity contribution in [1.29, 1.82) is 0 Å². The van der Waals surface area contributed by atoms with Crippen molar-refractivity contribution in [2.45, 2.75) is 43.8 Å². The lowest BCUT2D eigenvalue weighted by Gasteiger charge is -2.27. The second kappa shape index (κ2) is 7.43. The number of hydrogen-bond acceptors (Lipinski definition) is 3. The molecule has 2 rings (SSSR count). The molecule has 0 aromatic heterocycles. The Morgan fingerprint density at radius 1 is 1.32 bits per heavy atom. The number of alkyl halides is 3. The van der Waals surface area contributed by atoms with E-state index in [0.29, 0.717) is 18.6 Å². The van der Waals surface area contributed by atoms with Crippen molar-refractivity contribution >= 4 is 11.9 Å². The second-order valence-corrected chi connectivity index (χ2v) is 6.43. The number of amides is 1. The van der Waals surface area contributed by atoms with E-state index in [1.807, 2.05) is 0 Å². The van der Waals surface area contributed by atoms with Crippen LogP contribution in [0.2, 0.25) is 0 Å². The third-order valence-corrected chi connectivity index (χ3v) is 4.30. The van der Waals surface area contributed by atoms with Gasteiger partial charge in [0.2, 0.25) is 5.91 Å². The van der Waals surface area contributed by atoms with Gasteiger partial charge in [0.15, 0.2) is 0 Å². The third-order valence-electron chi connectivity index (χ3n) is 4.30. The number of benzene rings is 1. The summed E-state index contributed by atoms with van der Waals surface area (Å²) in [5.41, 5.74) is -1.04. The first-order chi connectivity index (χ1) is 11.6.